The molecule has 0 saturated heterocycles. The van der Waals surface area contributed by atoms with Gasteiger partial charge < -0.3 is 5.32 Å². The Morgan fingerprint density at radius 3 is 2.94 bits per heavy atom. The third kappa shape index (κ3) is 3.62. The molecule has 0 aliphatic heterocycles. The minimum atomic E-state index is -0.265. The van der Waals surface area contributed by atoms with Crippen LogP contribution >= 0.6 is 11.6 Å². The molecule has 1 saturated carbocycles. The molecule has 1 aliphatic carbocycles. The van der Waals surface area contributed by atoms with Crippen molar-refractivity contribution in [1.29, 1.82) is 0 Å². The zero-order chi connectivity index (χ0) is 11.4. The van der Waals surface area contributed by atoms with E-state index in [1.807, 2.05) is 6.08 Å². The van der Waals surface area contributed by atoms with Crippen molar-refractivity contribution < 1.29 is 4.39 Å². The molecule has 0 unspecified atom stereocenters. The summed E-state index contributed by atoms with van der Waals surface area (Å²) in [5.74, 6) is -0.265. The van der Waals surface area contributed by atoms with Gasteiger partial charge in [0.15, 0.2) is 0 Å². The van der Waals surface area contributed by atoms with Gasteiger partial charge in [-0.15, -0.1) is 0 Å². The summed E-state index contributed by atoms with van der Waals surface area (Å²) in [6.45, 7) is 0.969. The second kappa shape index (κ2) is 5.46. The summed E-state index contributed by atoms with van der Waals surface area (Å²) in [4.78, 5) is 0. The van der Waals surface area contributed by atoms with E-state index in [-0.39, 0.29) is 5.82 Å². The van der Waals surface area contributed by atoms with Gasteiger partial charge in [0.25, 0.3) is 0 Å². The number of hydrogen-bond donors (Lipinski definition) is 1. The lowest BCUT2D eigenvalue weighted by atomic mass is 10.2. The van der Waals surface area contributed by atoms with Crippen LogP contribution in [-0.4, -0.2) is 12.6 Å². The van der Waals surface area contributed by atoms with E-state index in [1.165, 1.54) is 18.9 Å². The fourth-order valence-electron chi connectivity index (χ4n) is 1.51. The second-order valence-corrected chi connectivity index (χ2v) is 4.52. The van der Waals surface area contributed by atoms with Crippen LogP contribution in [0.3, 0.4) is 0 Å². The van der Waals surface area contributed by atoms with Gasteiger partial charge in [0.2, 0.25) is 0 Å². The van der Waals surface area contributed by atoms with E-state index in [0.29, 0.717) is 10.6 Å². The van der Waals surface area contributed by atoms with Crippen molar-refractivity contribution in [2.24, 2.45) is 0 Å². The molecule has 1 N–H and O–H groups in total. The molecule has 16 heavy (non-hydrogen) atoms. The SMILES string of the molecule is Fc1cc(Cl)ccc1C=CCCNC1CC1. The van der Waals surface area contributed by atoms with E-state index >= 15 is 0 Å². The molecule has 0 radical (unpaired) electrons. The van der Waals surface area contributed by atoms with Crippen LogP contribution in [0, 0.1) is 5.82 Å². The van der Waals surface area contributed by atoms with Crippen LogP contribution in [0.25, 0.3) is 6.08 Å². The molecule has 0 amide bonds. The van der Waals surface area contributed by atoms with Gasteiger partial charge in [0.05, 0.1) is 0 Å². The van der Waals surface area contributed by atoms with Crippen molar-refractivity contribution in [2.75, 3.05) is 6.54 Å². The highest BCUT2D eigenvalue weighted by molar-refractivity contribution is 6.30. The molecule has 1 aromatic carbocycles. The smallest absolute Gasteiger partial charge is 0.131 e. The highest BCUT2D eigenvalue weighted by atomic mass is 35.5. The normalized spacial score (nSPS) is 15.9. The molecule has 1 nitrogen and oxygen atoms in total. The first kappa shape index (κ1) is 11.6. The Morgan fingerprint density at radius 2 is 2.25 bits per heavy atom. The Morgan fingerprint density at radius 1 is 1.44 bits per heavy atom. The number of halogens is 2. The molecule has 0 spiro atoms. The average Bonchev–Trinajstić information content (AvgIpc) is 3.04. The van der Waals surface area contributed by atoms with Crippen LogP contribution in [0.4, 0.5) is 4.39 Å². The van der Waals surface area contributed by atoms with Gasteiger partial charge in [0.1, 0.15) is 5.82 Å². The maximum atomic E-state index is 13.3. The fraction of sp³-hybridized carbons (Fsp3) is 0.385. The zero-order valence-electron chi connectivity index (χ0n) is 9.05. The van der Waals surface area contributed by atoms with E-state index < -0.39 is 0 Å². The number of nitrogens with one attached hydrogen (secondary N) is 1. The third-order valence-corrected chi connectivity index (χ3v) is 2.82. The first-order valence-corrected chi connectivity index (χ1v) is 5.98. The minimum absolute atomic E-state index is 0.265. The van der Waals surface area contributed by atoms with E-state index in [0.717, 1.165) is 19.0 Å². The van der Waals surface area contributed by atoms with E-state index in [1.54, 1.807) is 18.2 Å². The Balaban J connectivity index is 1.79. The molecular weight excluding hydrogens is 225 g/mol. The number of benzene rings is 1. The van der Waals surface area contributed by atoms with Crippen LogP contribution in [0.5, 0.6) is 0 Å². The molecular formula is C13H15ClFN. The van der Waals surface area contributed by atoms with Crippen LogP contribution in [0.1, 0.15) is 24.8 Å². The van der Waals surface area contributed by atoms with Crippen LogP contribution in [0.2, 0.25) is 5.02 Å². The molecule has 0 aromatic heterocycles. The van der Waals surface area contributed by atoms with Crippen molar-refractivity contribution in [2.45, 2.75) is 25.3 Å². The Bertz CT molecular complexity index is 386. The van der Waals surface area contributed by atoms with Crippen LogP contribution in [-0.2, 0) is 0 Å². The van der Waals surface area contributed by atoms with E-state index in [2.05, 4.69) is 5.32 Å². The topological polar surface area (TPSA) is 12.0 Å². The molecule has 0 heterocycles. The van der Waals surface area contributed by atoms with Crippen molar-refractivity contribution in [3.05, 3.63) is 40.7 Å². The molecule has 1 fully saturated rings. The number of hydrogen-bond acceptors (Lipinski definition) is 1. The quantitative estimate of drug-likeness (QED) is 0.774. The lowest BCUT2D eigenvalue weighted by Gasteiger charge is -1.99. The summed E-state index contributed by atoms with van der Waals surface area (Å²) in [6.07, 6.45) is 7.32. The lowest BCUT2D eigenvalue weighted by molar-refractivity contribution is 0.625. The van der Waals surface area contributed by atoms with E-state index in [9.17, 15) is 4.39 Å². The lowest BCUT2D eigenvalue weighted by Crippen LogP contribution is -2.16. The summed E-state index contributed by atoms with van der Waals surface area (Å²) in [6, 6.07) is 5.47. The summed E-state index contributed by atoms with van der Waals surface area (Å²) < 4.78 is 13.3. The van der Waals surface area contributed by atoms with Crippen molar-refractivity contribution in [1.82, 2.24) is 5.32 Å². The zero-order valence-corrected chi connectivity index (χ0v) is 9.80. The fourth-order valence-corrected chi connectivity index (χ4v) is 1.66. The Hall–Kier alpha value is -0.860. The summed E-state index contributed by atoms with van der Waals surface area (Å²) in [5, 5.41) is 3.84. The predicted octanol–water partition coefficient (Wildman–Crippen LogP) is 3.63. The highest BCUT2D eigenvalue weighted by Gasteiger charge is 2.19. The third-order valence-electron chi connectivity index (χ3n) is 2.58. The molecule has 0 bridgehead atoms. The van der Waals surface area contributed by atoms with Gasteiger partial charge in [-0.05, 0) is 37.9 Å². The van der Waals surface area contributed by atoms with Gasteiger partial charge in [-0.3, -0.25) is 0 Å². The monoisotopic (exact) mass is 239 g/mol. The molecule has 86 valence electrons. The van der Waals surface area contributed by atoms with Gasteiger partial charge in [-0.25, -0.2) is 4.39 Å². The van der Waals surface area contributed by atoms with Gasteiger partial charge in [-0.2, -0.15) is 0 Å². The largest absolute Gasteiger partial charge is 0.314 e. The Labute approximate surface area is 100 Å². The van der Waals surface area contributed by atoms with Gasteiger partial charge in [0, 0.05) is 16.6 Å². The molecule has 1 aliphatic rings. The maximum Gasteiger partial charge on any atom is 0.131 e. The first-order chi connectivity index (χ1) is 7.75. The molecule has 2 rings (SSSR count). The van der Waals surface area contributed by atoms with Crippen molar-refractivity contribution in [3.63, 3.8) is 0 Å². The average molecular weight is 240 g/mol. The number of rotatable bonds is 5. The second-order valence-electron chi connectivity index (χ2n) is 4.09. The van der Waals surface area contributed by atoms with Gasteiger partial charge >= 0.3 is 0 Å². The van der Waals surface area contributed by atoms with Crippen LogP contribution < -0.4 is 5.32 Å². The molecule has 0 atom stereocenters. The molecule has 1 aromatic rings. The summed E-state index contributed by atoms with van der Waals surface area (Å²) in [5.41, 5.74) is 0.593. The standard InChI is InChI=1S/C13H15ClFN/c14-11-5-4-10(13(15)9-11)3-1-2-8-16-12-6-7-12/h1,3-5,9,12,16H,2,6-8H2. The van der Waals surface area contributed by atoms with Crippen LogP contribution in [0.15, 0.2) is 24.3 Å². The minimum Gasteiger partial charge on any atom is -0.314 e. The highest BCUT2D eigenvalue weighted by Crippen LogP contribution is 2.18. The molecule has 3 heteroatoms. The van der Waals surface area contributed by atoms with Crippen molar-refractivity contribution in [3.8, 4) is 0 Å². The summed E-state index contributed by atoms with van der Waals surface area (Å²) in [7, 11) is 0. The Kier molecular flexibility index (Phi) is 3.97. The predicted molar refractivity (Wildman–Crippen MR) is 66.1 cm³/mol. The van der Waals surface area contributed by atoms with Gasteiger partial charge in [-0.1, -0.05) is 29.8 Å². The van der Waals surface area contributed by atoms with E-state index in [4.69, 9.17) is 11.6 Å². The first-order valence-electron chi connectivity index (χ1n) is 5.60. The summed E-state index contributed by atoms with van der Waals surface area (Å²) >= 11 is 5.67. The maximum absolute atomic E-state index is 13.3. The van der Waals surface area contributed by atoms with Crippen molar-refractivity contribution >= 4 is 17.7 Å².